The molecule has 2 rings (SSSR count). The zero-order chi connectivity index (χ0) is 20.6. The Morgan fingerprint density at radius 3 is 2.64 bits per heavy atom. The van der Waals surface area contributed by atoms with Crippen LogP contribution in [0.4, 0.5) is 0 Å². The van der Waals surface area contributed by atoms with Crippen LogP contribution < -0.4 is 9.47 Å². The van der Waals surface area contributed by atoms with E-state index in [1.54, 1.807) is 23.1 Å². The van der Waals surface area contributed by atoms with Crippen LogP contribution in [0.1, 0.15) is 49.9 Å². The SMILES string of the molecule is CCCCOc1ccc(C(=O)N2CCCC(COC)(C(=O)O)C2)cc1OCC. The molecule has 1 aromatic rings. The van der Waals surface area contributed by atoms with Crippen molar-refractivity contribution in [2.75, 3.05) is 40.0 Å². The van der Waals surface area contributed by atoms with Crippen molar-refractivity contribution in [3.8, 4) is 11.5 Å². The second-order valence-electron chi connectivity index (χ2n) is 7.15. The normalized spacial score (nSPS) is 19.3. The highest BCUT2D eigenvalue weighted by Crippen LogP contribution is 2.33. The fraction of sp³-hybridized carbons (Fsp3) is 0.619. The number of nitrogens with zero attached hydrogens (tertiary/aromatic N) is 1. The minimum absolute atomic E-state index is 0.0838. The Bertz CT molecular complexity index is 673. The molecular formula is C21H31NO6. The number of unbranched alkanes of at least 4 members (excludes halogenated alkanes) is 1. The number of methoxy groups -OCH3 is 1. The Morgan fingerprint density at radius 2 is 2.00 bits per heavy atom. The average Bonchev–Trinajstić information content (AvgIpc) is 2.69. The van der Waals surface area contributed by atoms with Gasteiger partial charge in [-0.2, -0.15) is 0 Å². The van der Waals surface area contributed by atoms with Crippen LogP contribution in [0.15, 0.2) is 18.2 Å². The van der Waals surface area contributed by atoms with Gasteiger partial charge in [-0.15, -0.1) is 0 Å². The van der Waals surface area contributed by atoms with Gasteiger partial charge in [-0.3, -0.25) is 9.59 Å². The monoisotopic (exact) mass is 393 g/mol. The highest BCUT2D eigenvalue weighted by atomic mass is 16.5. The zero-order valence-electron chi connectivity index (χ0n) is 17.0. The molecule has 1 heterocycles. The van der Waals surface area contributed by atoms with Gasteiger partial charge in [-0.25, -0.2) is 0 Å². The van der Waals surface area contributed by atoms with Gasteiger partial charge in [0, 0.05) is 25.8 Å². The molecule has 0 aliphatic carbocycles. The maximum atomic E-state index is 13.0. The summed E-state index contributed by atoms with van der Waals surface area (Å²) in [6.45, 7) is 5.76. The van der Waals surface area contributed by atoms with Crippen LogP contribution in [0.3, 0.4) is 0 Å². The van der Waals surface area contributed by atoms with Gasteiger partial charge in [0.05, 0.1) is 19.8 Å². The number of likely N-dealkylation sites (tertiary alicyclic amines) is 1. The van der Waals surface area contributed by atoms with Crippen LogP contribution in [0.25, 0.3) is 0 Å². The van der Waals surface area contributed by atoms with E-state index in [1.165, 1.54) is 7.11 Å². The molecule has 1 fully saturated rings. The lowest BCUT2D eigenvalue weighted by Crippen LogP contribution is -2.52. The number of carboxylic acid groups (broad SMARTS) is 1. The minimum Gasteiger partial charge on any atom is -0.490 e. The van der Waals surface area contributed by atoms with E-state index < -0.39 is 11.4 Å². The number of piperidine rings is 1. The Kier molecular flexibility index (Phi) is 8.11. The second kappa shape index (κ2) is 10.3. The molecule has 156 valence electrons. The van der Waals surface area contributed by atoms with Gasteiger partial charge >= 0.3 is 5.97 Å². The maximum Gasteiger partial charge on any atom is 0.313 e. The molecule has 1 unspecified atom stereocenters. The summed E-state index contributed by atoms with van der Waals surface area (Å²) in [6, 6.07) is 5.14. The molecule has 0 spiro atoms. The van der Waals surface area contributed by atoms with Crippen molar-refractivity contribution in [3.63, 3.8) is 0 Å². The number of carbonyl (C=O) groups excluding carboxylic acids is 1. The smallest absolute Gasteiger partial charge is 0.313 e. The van der Waals surface area contributed by atoms with Crippen molar-refractivity contribution >= 4 is 11.9 Å². The first-order chi connectivity index (χ1) is 13.5. The number of rotatable bonds is 10. The summed E-state index contributed by atoms with van der Waals surface area (Å²) in [6.07, 6.45) is 3.09. The maximum absolute atomic E-state index is 13.0. The van der Waals surface area contributed by atoms with Crippen LogP contribution in [-0.4, -0.2) is 61.9 Å². The van der Waals surface area contributed by atoms with Gasteiger partial charge in [-0.05, 0) is 44.4 Å². The molecule has 1 amide bonds. The van der Waals surface area contributed by atoms with Gasteiger partial charge in [0.1, 0.15) is 5.41 Å². The van der Waals surface area contributed by atoms with Crippen molar-refractivity contribution in [1.29, 1.82) is 0 Å². The summed E-state index contributed by atoms with van der Waals surface area (Å²) in [5.74, 6) is 0.0108. The predicted molar refractivity (Wildman–Crippen MR) is 105 cm³/mol. The quantitative estimate of drug-likeness (QED) is 0.615. The molecule has 1 aliphatic heterocycles. The van der Waals surface area contributed by atoms with Crippen molar-refractivity contribution in [2.24, 2.45) is 5.41 Å². The van der Waals surface area contributed by atoms with Crippen molar-refractivity contribution in [3.05, 3.63) is 23.8 Å². The number of carboxylic acids is 1. The van der Waals surface area contributed by atoms with E-state index in [4.69, 9.17) is 14.2 Å². The van der Waals surface area contributed by atoms with Gasteiger partial charge < -0.3 is 24.2 Å². The lowest BCUT2D eigenvalue weighted by molar-refractivity contribution is -0.155. The largest absolute Gasteiger partial charge is 0.490 e. The number of ether oxygens (including phenoxy) is 3. The van der Waals surface area contributed by atoms with E-state index in [-0.39, 0.29) is 19.1 Å². The third kappa shape index (κ3) is 5.16. The molecule has 28 heavy (non-hydrogen) atoms. The van der Waals surface area contributed by atoms with Crippen LogP contribution >= 0.6 is 0 Å². The Labute approximate surface area is 166 Å². The third-order valence-corrected chi connectivity index (χ3v) is 4.98. The standard InChI is InChI=1S/C21H31NO6/c1-4-6-12-28-17-9-8-16(13-18(17)27-5-2)19(23)22-11-7-10-21(14-22,15-26-3)20(24)25/h8-9,13H,4-7,10-12,14-15H2,1-3H3,(H,24,25). The number of aliphatic carboxylic acids is 1. The molecule has 0 aromatic heterocycles. The minimum atomic E-state index is -1.06. The van der Waals surface area contributed by atoms with Gasteiger partial charge in [0.25, 0.3) is 5.91 Å². The molecule has 0 radical (unpaired) electrons. The third-order valence-electron chi connectivity index (χ3n) is 4.98. The number of benzene rings is 1. The summed E-state index contributed by atoms with van der Waals surface area (Å²) in [5, 5.41) is 9.69. The molecule has 1 N–H and O–H groups in total. The summed E-state index contributed by atoms with van der Waals surface area (Å²) < 4.78 is 16.6. The van der Waals surface area contributed by atoms with E-state index in [1.807, 2.05) is 6.92 Å². The molecule has 7 heteroatoms. The molecule has 1 saturated heterocycles. The van der Waals surface area contributed by atoms with Gasteiger partial charge in [-0.1, -0.05) is 13.3 Å². The zero-order valence-corrected chi connectivity index (χ0v) is 17.0. The average molecular weight is 393 g/mol. The van der Waals surface area contributed by atoms with Crippen molar-refractivity contribution in [2.45, 2.75) is 39.5 Å². The summed E-state index contributed by atoms with van der Waals surface area (Å²) in [4.78, 5) is 26.5. The molecule has 1 atom stereocenters. The van der Waals surface area contributed by atoms with E-state index in [9.17, 15) is 14.7 Å². The number of amides is 1. The van der Waals surface area contributed by atoms with Crippen LogP contribution in [0.2, 0.25) is 0 Å². The molecule has 0 bridgehead atoms. The Balaban J connectivity index is 2.20. The summed E-state index contributed by atoms with van der Waals surface area (Å²) in [5.41, 5.74) is -0.598. The lowest BCUT2D eigenvalue weighted by atomic mass is 9.80. The fourth-order valence-corrected chi connectivity index (χ4v) is 3.47. The van der Waals surface area contributed by atoms with E-state index in [0.717, 1.165) is 12.8 Å². The van der Waals surface area contributed by atoms with Crippen molar-refractivity contribution < 1.29 is 28.9 Å². The van der Waals surface area contributed by atoms with Gasteiger partial charge in [0.2, 0.25) is 0 Å². The molecular weight excluding hydrogens is 362 g/mol. The lowest BCUT2D eigenvalue weighted by Gasteiger charge is -2.39. The first kappa shape index (κ1) is 22.0. The van der Waals surface area contributed by atoms with Gasteiger partial charge in [0.15, 0.2) is 11.5 Å². The molecule has 1 aromatic carbocycles. The highest BCUT2D eigenvalue weighted by Gasteiger charge is 2.44. The molecule has 1 aliphatic rings. The summed E-state index contributed by atoms with van der Waals surface area (Å²) >= 11 is 0. The Morgan fingerprint density at radius 1 is 1.21 bits per heavy atom. The second-order valence-corrected chi connectivity index (χ2v) is 7.15. The van der Waals surface area contributed by atoms with Crippen LogP contribution in [0.5, 0.6) is 11.5 Å². The first-order valence-corrected chi connectivity index (χ1v) is 9.88. The molecule has 0 saturated carbocycles. The summed E-state index contributed by atoms with van der Waals surface area (Å²) in [7, 11) is 1.48. The van der Waals surface area contributed by atoms with E-state index in [0.29, 0.717) is 49.7 Å². The van der Waals surface area contributed by atoms with Crippen LogP contribution in [0, 0.1) is 5.41 Å². The Hall–Kier alpha value is -2.28. The van der Waals surface area contributed by atoms with E-state index >= 15 is 0 Å². The van der Waals surface area contributed by atoms with Crippen molar-refractivity contribution in [1.82, 2.24) is 4.90 Å². The number of carbonyl (C=O) groups is 2. The number of hydrogen-bond donors (Lipinski definition) is 1. The van der Waals surface area contributed by atoms with E-state index in [2.05, 4.69) is 6.92 Å². The topological polar surface area (TPSA) is 85.3 Å². The van der Waals surface area contributed by atoms with Crippen LogP contribution in [-0.2, 0) is 9.53 Å². The fourth-order valence-electron chi connectivity index (χ4n) is 3.47. The first-order valence-electron chi connectivity index (χ1n) is 9.88. The molecule has 7 nitrogen and oxygen atoms in total. The highest BCUT2D eigenvalue weighted by molar-refractivity contribution is 5.95. The number of hydrogen-bond acceptors (Lipinski definition) is 5. The predicted octanol–water partition coefficient (Wildman–Crippen LogP) is 3.22.